The largest absolute Gasteiger partial charge is 0.390 e. The van der Waals surface area contributed by atoms with Crippen molar-refractivity contribution in [1.29, 1.82) is 0 Å². The number of hydrogen-bond donors (Lipinski definition) is 1. The van der Waals surface area contributed by atoms with Crippen LogP contribution in [0.3, 0.4) is 0 Å². The second-order valence-corrected chi connectivity index (χ2v) is 8.58. The van der Waals surface area contributed by atoms with E-state index in [0.29, 0.717) is 6.04 Å². The summed E-state index contributed by atoms with van der Waals surface area (Å²) >= 11 is 0. The Balaban J connectivity index is 1.52. The second kappa shape index (κ2) is 7.05. The minimum atomic E-state index is -0.578. The first kappa shape index (κ1) is 19.0. The molecule has 0 unspecified atom stereocenters. The molecule has 5 rings (SSSR count). The third-order valence-electron chi connectivity index (χ3n) is 6.20. The van der Waals surface area contributed by atoms with E-state index >= 15 is 0 Å². The van der Waals surface area contributed by atoms with Gasteiger partial charge in [0.2, 0.25) is 0 Å². The van der Waals surface area contributed by atoms with Gasteiger partial charge < -0.3 is 5.11 Å². The first-order chi connectivity index (χ1) is 14.5. The van der Waals surface area contributed by atoms with E-state index in [1.54, 1.807) is 6.20 Å². The van der Waals surface area contributed by atoms with E-state index in [1.165, 1.54) is 0 Å². The summed E-state index contributed by atoms with van der Waals surface area (Å²) < 4.78 is 5.84. The molecule has 0 atom stereocenters. The van der Waals surface area contributed by atoms with Crippen molar-refractivity contribution in [1.82, 2.24) is 34.2 Å². The Labute approximate surface area is 175 Å². The van der Waals surface area contributed by atoms with E-state index in [1.807, 2.05) is 51.7 Å². The van der Waals surface area contributed by atoms with Gasteiger partial charge in [-0.2, -0.15) is 15.3 Å². The average Bonchev–Trinajstić information content (AvgIpc) is 3.46. The molecule has 0 bridgehead atoms. The highest BCUT2D eigenvalue weighted by Gasteiger charge is 2.39. The van der Waals surface area contributed by atoms with Crippen molar-refractivity contribution in [2.45, 2.75) is 64.1 Å². The summed E-state index contributed by atoms with van der Waals surface area (Å²) in [6, 6.07) is 2.60. The van der Waals surface area contributed by atoms with Gasteiger partial charge in [-0.3, -0.25) is 9.36 Å². The molecule has 1 aliphatic carbocycles. The second-order valence-electron chi connectivity index (χ2n) is 8.58. The van der Waals surface area contributed by atoms with Crippen LogP contribution >= 0.6 is 0 Å². The summed E-state index contributed by atoms with van der Waals surface area (Å²) in [6.45, 7) is 6.24. The van der Waals surface area contributed by atoms with Crippen LogP contribution in [0.25, 0.3) is 28.0 Å². The van der Waals surface area contributed by atoms with Crippen molar-refractivity contribution in [3.05, 3.63) is 43.2 Å². The molecule has 156 valence electrons. The number of rotatable bonds is 6. The maximum atomic E-state index is 10.0. The Morgan fingerprint density at radius 3 is 2.57 bits per heavy atom. The highest BCUT2D eigenvalue weighted by atomic mass is 16.3. The molecule has 1 N–H and O–H groups in total. The van der Waals surface area contributed by atoms with Gasteiger partial charge in [-0.05, 0) is 38.7 Å². The molecule has 4 heterocycles. The maximum Gasteiger partial charge on any atom is 0.0999 e. The molecule has 8 heteroatoms. The minimum absolute atomic E-state index is 0.236. The van der Waals surface area contributed by atoms with Crippen molar-refractivity contribution in [2.24, 2.45) is 0 Å². The molecule has 4 aromatic rings. The van der Waals surface area contributed by atoms with E-state index in [4.69, 9.17) is 4.98 Å². The van der Waals surface area contributed by atoms with Gasteiger partial charge in [0.15, 0.2) is 0 Å². The molecule has 1 fully saturated rings. The van der Waals surface area contributed by atoms with Gasteiger partial charge in [0.25, 0.3) is 0 Å². The van der Waals surface area contributed by atoms with Crippen molar-refractivity contribution in [3.63, 3.8) is 0 Å². The smallest absolute Gasteiger partial charge is 0.0999 e. The summed E-state index contributed by atoms with van der Waals surface area (Å²) in [4.78, 5) is 4.97. The average molecular weight is 406 g/mol. The summed E-state index contributed by atoms with van der Waals surface area (Å²) in [5, 5.41) is 23.6. The highest BCUT2D eigenvalue weighted by Crippen LogP contribution is 2.41. The number of nitrogens with zero attached hydrogens (tertiary/aromatic N) is 7. The fraction of sp³-hybridized carbons (Fsp3) is 0.455. The fourth-order valence-corrected chi connectivity index (χ4v) is 4.41. The van der Waals surface area contributed by atoms with Gasteiger partial charge in [0, 0.05) is 23.5 Å². The van der Waals surface area contributed by atoms with Crippen LogP contribution in [0.5, 0.6) is 0 Å². The SMILES string of the molecule is CCC(CC)n1cc(-c2nc(-c3cnn([C@H]4C[C@](C)(O)C4)c3)cn3nccc23)cn1. The molecular formula is C22H27N7O. The number of hydrogen-bond acceptors (Lipinski definition) is 5. The van der Waals surface area contributed by atoms with Crippen LogP contribution in [0.4, 0.5) is 0 Å². The predicted molar refractivity (Wildman–Crippen MR) is 114 cm³/mol. The van der Waals surface area contributed by atoms with Crippen molar-refractivity contribution >= 4 is 5.52 Å². The summed E-state index contributed by atoms with van der Waals surface area (Å²) in [7, 11) is 0. The lowest BCUT2D eigenvalue weighted by Crippen LogP contribution is -2.42. The number of fused-ring (bicyclic) bond motifs is 1. The number of aliphatic hydroxyl groups is 1. The van der Waals surface area contributed by atoms with E-state index in [0.717, 1.165) is 53.7 Å². The van der Waals surface area contributed by atoms with Gasteiger partial charge in [-0.15, -0.1) is 0 Å². The summed E-state index contributed by atoms with van der Waals surface area (Å²) in [6.07, 6.45) is 15.1. The van der Waals surface area contributed by atoms with Crippen LogP contribution in [0.2, 0.25) is 0 Å². The molecule has 8 nitrogen and oxygen atoms in total. The predicted octanol–water partition coefficient (Wildman–Crippen LogP) is 3.90. The van der Waals surface area contributed by atoms with Crippen LogP contribution in [-0.2, 0) is 0 Å². The zero-order valence-electron chi connectivity index (χ0n) is 17.6. The Bertz CT molecular complexity index is 1170. The van der Waals surface area contributed by atoms with E-state index in [2.05, 4.69) is 35.3 Å². The van der Waals surface area contributed by atoms with Crippen LogP contribution < -0.4 is 0 Å². The molecule has 0 saturated heterocycles. The maximum absolute atomic E-state index is 10.0. The molecule has 30 heavy (non-hydrogen) atoms. The Morgan fingerprint density at radius 1 is 1.07 bits per heavy atom. The molecule has 0 radical (unpaired) electrons. The van der Waals surface area contributed by atoms with Gasteiger partial charge in [0.05, 0.1) is 59.4 Å². The summed E-state index contributed by atoms with van der Waals surface area (Å²) in [5.41, 5.74) is 3.97. The van der Waals surface area contributed by atoms with Gasteiger partial charge >= 0.3 is 0 Å². The van der Waals surface area contributed by atoms with Crippen LogP contribution in [0, 0.1) is 0 Å². The lowest BCUT2D eigenvalue weighted by atomic mass is 9.77. The van der Waals surface area contributed by atoms with Gasteiger partial charge in [0.1, 0.15) is 0 Å². The third kappa shape index (κ3) is 3.21. The standard InChI is InChI=1S/C22H27N7O/c1-4-17(5-2)27-13-16(11-25-27)21-20-6-7-23-29(20)14-19(26-21)15-10-24-28(12-15)18-8-22(3,30)9-18/h6-7,10-14,17-18,30H,4-5,8-9H2,1-3H3/t18-,22-. The van der Waals surface area contributed by atoms with Crippen molar-refractivity contribution < 1.29 is 5.11 Å². The van der Waals surface area contributed by atoms with Gasteiger partial charge in [-0.25, -0.2) is 9.50 Å². The quantitative estimate of drug-likeness (QED) is 0.526. The topological polar surface area (TPSA) is 86.1 Å². The van der Waals surface area contributed by atoms with E-state index < -0.39 is 5.60 Å². The lowest BCUT2D eigenvalue weighted by Gasteiger charge is -2.40. The van der Waals surface area contributed by atoms with Gasteiger partial charge in [-0.1, -0.05) is 13.8 Å². The zero-order chi connectivity index (χ0) is 20.9. The normalized spacial score (nSPS) is 21.4. The molecular weight excluding hydrogens is 378 g/mol. The molecule has 0 amide bonds. The molecule has 4 aromatic heterocycles. The monoisotopic (exact) mass is 405 g/mol. The highest BCUT2D eigenvalue weighted by molar-refractivity contribution is 5.78. The van der Waals surface area contributed by atoms with Crippen LogP contribution in [0.1, 0.15) is 58.5 Å². The lowest BCUT2D eigenvalue weighted by molar-refractivity contribution is -0.0543. The minimum Gasteiger partial charge on any atom is -0.390 e. The summed E-state index contributed by atoms with van der Waals surface area (Å²) in [5.74, 6) is 0. The molecule has 0 spiro atoms. The van der Waals surface area contributed by atoms with Crippen LogP contribution in [0.15, 0.2) is 43.2 Å². The third-order valence-corrected chi connectivity index (χ3v) is 6.20. The van der Waals surface area contributed by atoms with E-state index in [-0.39, 0.29) is 6.04 Å². The molecule has 1 aliphatic rings. The molecule has 0 aromatic carbocycles. The molecule has 0 aliphatic heterocycles. The molecule has 1 saturated carbocycles. The van der Waals surface area contributed by atoms with Crippen molar-refractivity contribution in [3.8, 4) is 22.5 Å². The van der Waals surface area contributed by atoms with Crippen LogP contribution in [-0.4, -0.2) is 44.9 Å². The number of aromatic nitrogens is 7. The Hall–Kier alpha value is -3.00. The first-order valence-corrected chi connectivity index (χ1v) is 10.6. The first-order valence-electron chi connectivity index (χ1n) is 10.6. The van der Waals surface area contributed by atoms with Crippen molar-refractivity contribution in [2.75, 3.05) is 0 Å². The Morgan fingerprint density at radius 2 is 1.83 bits per heavy atom. The Kier molecular flexibility index (Phi) is 4.47. The fourth-order valence-electron chi connectivity index (χ4n) is 4.41. The van der Waals surface area contributed by atoms with E-state index in [9.17, 15) is 5.11 Å². The zero-order valence-corrected chi connectivity index (χ0v) is 17.6.